The third kappa shape index (κ3) is 7.21. The third-order valence-corrected chi connectivity index (χ3v) is 6.32. The van der Waals surface area contributed by atoms with Gasteiger partial charge in [-0.15, -0.1) is 0 Å². The maximum Gasteiger partial charge on any atom is 0.240 e. The Labute approximate surface area is 155 Å². The first kappa shape index (κ1) is 21.6. The van der Waals surface area contributed by atoms with Crippen LogP contribution in [0.25, 0.3) is 0 Å². The van der Waals surface area contributed by atoms with Gasteiger partial charge in [0.25, 0.3) is 0 Å². The van der Waals surface area contributed by atoms with Crippen LogP contribution in [0.2, 0.25) is 0 Å². The minimum absolute atomic E-state index is 0.169. The molecule has 0 aliphatic carbocycles. The lowest BCUT2D eigenvalue weighted by Gasteiger charge is -2.26. The average Bonchev–Trinajstić information content (AvgIpc) is 2.56. The number of hydrogen-bond donors (Lipinski definition) is 2. The van der Waals surface area contributed by atoms with Gasteiger partial charge in [0.1, 0.15) is 0 Å². The summed E-state index contributed by atoms with van der Waals surface area (Å²) in [6.07, 6.45) is 7.46. The summed E-state index contributed by atoms with van der Waals surface area (Å²) in [5, 5.41) is 9.75. The standard InChI is InChI=1S/C18H30BrNO3S/c1-3-5-6-7-9-15(8-4-2)18(14-21)20-24(22,23)17-12-10-16(19)11-13-17/h10-13,15,18,20-21H,3-9,14H2,1-2H3/t15-,18-/m1/s1. The van der Waals surface area contributed by atoms with Crippen LogP contribution in [0.3, 0.4) is 0 Å². The van der Waals surface area contributed by atoms with Crippen LogP contribution in [0, 0.1) is 5.92 Å². The first-order valence-corrected chi connectivity index (χ1v) is 11.1. The lowest BCUT2D eigenvalue weighted by molar-refractivity contribution is 0.200. The van der Waals surface area contributed by atoms with Gasteiger partial charge in [0.15, 0.2) is 0 Å². The summed E-state index contributed by atoms with van der Waals surface area (Å²) in [7, 11) is -3.62. The second-order valence-electron chi connectivity index (χ2n) is 6.26. The molecule has 0 unspecified atom stereocenters. The molecule has 0 aromatic heterocycles. The Bertz CT molecular complexity index is 560. The molecule has 0 amide bonds. The van der Waals surface area contributed by atoms with Crippen molar-refractivity contribution in [2.24, 2.45) is 5.92 Å². The molecule has 4 nitrogen and oxygen atoms in total. The molecule has 1 aromatic rings. The second-order valence-corrected chi connectivity index (χ2v) is 8.89. The Morgan fingerprint density at radius 1 is 1.04 bits per heavy atom. The number of hydrogen-bond acceptors (Lipinski definition) is 3. The molecular formula is C18H30BrNO3S. The fourth-order valence-corrected chi connectivity index (χ4v) is 4.47. The molecule has 0 saturated carbocycles. The highest BCUT2D eigenvalue weighted by Crippen LogP contribution is 2.22. The van der Waals surface area contributed by atoms with Gasteiger partial charge in [-0.3, -0.25) is 0 Å². The van der Waals surface area contributed by atoms with Gasteiger partial charge in [0, 0.05) is 10.5 Å². The van der Waals surface area contributed by atoms with E-state index in [1.807, 2.05) is 0 Å². The van der Waals surface area contributed by atoms with Crippen molar-refractivity contribution < 1.29 is 13.5 Å². The van der Waals surface area contributed by atoms with Crippen LogP contribution >= 0.6 is 15.9 Å². The fraction of sp³-hybridized carbons (Fsp3) is 0.667. The minimum Gasteiger partial charge on any atom is -0.395 e. The lowest BCUT2D eigenvalue weighted by Crippen LogP contribution is -2.42. The molecule has 0 radical (unpaired) electrons. The van der Waals surface area contributed by atoms with E-state index in [0.29, 0.717) is 0 Å². The summed E-state index contributed by atoms with van der Waals surface area (Å²) in [6, 6.07) is 6.11. The van der Waals surface area contributed by atoms with Crippen molar-refractivity contribution in [1.29, 1.82) is 0 Å². The van der Waals surface area contributed by atoms with Crippen molar-refractivity contribution in [2.75, 3.05) is 6.61 Å². The number of aliphatic hydroxyl groups excluding tert-OH is 1. The number of aliphatic hydroxyl groups is 1. The number of benzene rings is 1. The van der Waals surface area contributed by atoms with E-state index >= 15 is 0 Å². The second kappa shape index (κ2) is 11.2. The number of unbranched alkanes of at least 4 members (excludes halogenated alkanes) is 3. The SMILES string of the molecule is CCCCCC[C@@H](CCC)[C@@H](CO)NS(=O)(=O)c1ccc(Br)cc1. The number of sulfonamides is 1. The molecule has 6 heteroatoms. The van der Waals surface area contributed by atoms with Gasteiger partial charge in [-0.25, -0.2) is 13.1 Å². The summed E-state index contributed by atoms with van der Waals surface area (Å²) in [4.78, 5) is 0.227. The van der Waals surface area contributed by atoms with Crippen molar-refractivity contribution >= 4 is 26.0 Å². The van der Waals surface area contributed by atoms with Crippen LogP contribution in [-0.4, -0.2) is 26.2 Å². The van der Waals surface area contributed by atoms with E-state index in [4.69, 9.17) is 0 Å². The normalized spacial score (nSPS) is 14.5. The van der Waals surface area contributed by atoms with E-state index in [1.165, 1.54) is 12.8 Å². The van der Waals surface area contributed by atoms with Gasteiger partial charge in [0.05, 0.1) is 11.5 Å². The minimum atomic E-state index is -3.62. The van der Waals surface area contributed by atoms with Crippen LogP contribution in [0.4, 0.5) is 0 Å². The quantitative estimate of drug-likeness (QED) is 0.490. The zero-order chi connectivity index (χ0) is 18.0. The van der Waals surface area contributed by atoms with E-state index in [9.17, 15) is 13.5 Å². The molecule has 24 heavy (non-hydrogen) atoms. The summed E-state index contributed by atoms with van der Waals surface area (Å²) in [5.41, 5.74) is 0. The fourth-order valence-electron chi connectivity index (χ4n) is 2.91. The lowest BCUT2D eigenvalue weighted by atomic mass is 9.90. The molecule has 138 valence electrons. The largest absolute Gasteiger partial charge is 0.395 e. The number of nitrogens with one attached hydrogen (secondary N) is 1. The van der Waals surface area contributed by atoms with E-state index in [2.05, 4.69) is 34.5 Å². The smallest absolute Gasteiger partial charge is 0.240 e. The molecule has 0 heterocycles. The highest BCUT2D eigenvalue weighted by molar-refractivity contribution is 9.10. The first-order chi connectivity index (χ1) is 11.4. The molecule has 1 aromatic carbocycles. The Kier molecular flexibility index (Phi) is 10.1. The number of halogens is 1. The van der Waals surface area contributed by atoms with Gasteiger partial charge < -0.3 is 5.11 Å². The van der Waals surface area contributed by atoms with E-state index in [1.54, 1.807) is 24.3 Å². The summed E-state index contributed by atoms with van der Waals surface area (Å²) in [5.74, 6) is 0.169. The summed E-state index contributed by atoms with van der Waals surface area (Å²) in [6.45, 7) is 4.09. The average molecular weight is 420 g/mol. The monoisotopic (exact) mass is 419 g/mol. The van der Waals surface area contributed by atoms with E-state index < -0.39 is 16.1 Å². The molecule has 0 saturated heterocycles. The third-order valence-electron chi connectivity index (χ3n) is 4.28. The van der Waals surface area contributed by atoms with Crippen LogP contribution in [0.5, 0.6) is 0 Å². The highest BCUT2D eigenvalue weighted by Gasteiger charge is 2.26. The van der Waals surface area contributed by atoms with Crippen molar-refractivity contribution in [3.05, 3.63) is 28.7 Å². The maximum absolute atomic E-state index is 12.6. The Morgan fingerprint density at radius 2 is 1.71 bits per heavy atom. The molecule has 0 fully saturated rings. The van der Waals surface area contributed by atoms with Gasteiger partial charge in [-0.1, -0.05) is 61.9 Å². The van der Waals surface area contributed by atoms with Crippen LogP contribution in [0.15, 0.2) is 33.6 Å². The predicted molar refractivity (Wildman–Crippen MR) is 102 cm³/mol. The zero-order valence-corrected chi connectivity index (χ0v) is 17.1. The molecule has 2 atom stereocenters. The van der Waals surface area contributed by atoms with Crippen molar-refractivity contribution in [3.63, 3.8) is 0 Å². The summed E-state index contributed by atoms with van der Waals surface area (Å²) < 4.78 is 28.7. The van der Waals surface area contributed by atoms with Crippen molar-refractivity contribution in [2.45, 2.75) is 69.7 Å². The molecular weight excluding hydrogens is 390 g/mol. The Morgan fingerprint density at radius 3 is 2.25 bits per heavy atom. The van der Waals surface area contributed by atoms with Gasteiger partial charge in [-0.2, -0.15) is 0 Å². The molecule has 0 aliphatic heterocycles. The first-order valence-electron chi connectivity index (χ1n) is 8.83. The number of rotatable bonds is 12. The summed E-state index contributed by atoms with van der Waals surface area (Å²) >= 11 is 3.31. The van der Waals surface area contributed by atoms with E-state index in [0.717, 1.165) is 36.6 Å². The topological polar surface area (TPSA) is 66.4 Å². The van der Waals surface area contributed by atoms with Crippen LogP contribution in [-0.2, 0) is 10.0 Å². The Balaban J connectivity index is 2.78. The van der Waals surface area contributed by atoms with Crippen molar-refractivity contribution in [1.82, 2.24) is 4.72 Å². The van der Waals surface area contributed by atoms with Crippen LogP contribution in [0.1, 0.15) is 58.8 Å². The van der Waals surface area contributed by atoms with Crippen LogP contribution < -0.4 is 4.72 Å². The van der Waals surface area contributed by atoms with Gasteiger partial charge in [0.2, 0.25) is 10.0 Å². The van der Waals surface area contributed by atoms with E-state index in [-0.39, 0.29) is 17.4 Å². The predicted octanol–water partition coefficient (Wildman–Crippen LogP) is 4.48. The molecule has 2 N–H and O–H groups in total. The Hall–Kier alpha value is -0.430. The molecule has 0 bridgehead atoms. The zero-order valence-electron chi connectivity index (χ0n) is 14.7. The van der Waals surface area contributed by atoms with Crippen molar-refractivity contribution in [3.8, 4) is 0 Å². The maximum atomic E-state index is 12.6. The molecule has 1 rings (SSSR count). The van der Waals surface area contributed by atoms with Gasteiger partial charge in [-0.05, 0) is 43.0 Å². The van der Waals surface area contributed by atoms with Gasteiger partial charge >= 0.3 is 0 Å². The molecule has 0 aliphatic rings. The highest BCUT2D eigenvalue weighted by atomic mass is 79.9. The molecule has 0 spiro atoms.